The third kappa shape index (κ3) is 10.2. The number of amides is 2. The fourth-order valence-electron chi connectivity index (χ4n) is 4.52. The van der Waals surface area contributed by atoms with Gasteiger partial charge in [0.05, 0.1) is 22.5 Å². The second kappa shape index (κ2) is 17.6. The number of hydrogen-bond acceptors (Lipinski definition) is 13. The fraction of sp³-hybridized carbons (Fsp3) is 0.303. The molecule has 48 heavy (non-hydrogen) atoms. The van der Waals surface area contributed by atoms with Gasteiger partial charge >= 0.3 is 12.2 Å². The van der Waals surface area contributed by atoms with E-state index in [4.69, 9.17) is 14.2 Å². The van der Waals surface area contributed by atoms with Gasteiger partial charge in [0, 0.05) is 16.9 Å². The van der Waals surface area contributed by atoms with Crippen molar-refractivity contribution < 1.29 is 43.4 Å². The average molecular weight is 659 g/mol. The van der Waals surface area contributed by atoms with Crippen LogP contribution in [0.25, 0.3) is 0 Å². The van der Waals surface area contributed by atoms with Crippen LogP contribution in [0, 0.1) is 19.3 Å². The van der Waals surface area contributed by atoms with Crippen LogP contribution in [0.15, 0.2) is 86.3 Å². The van der Waals surface area contributed by atoms with Crippen LogP contribution in [0.1, 0.15) is 37.8 Å². The second-order valence-corrected chi connectivity index (χ2v) is 10.7. The minimum Gasteiger partial charge on any atom is -0.477 e. The molecule has 0 unspecified atom stereocenters. The highest BCUT2D eigenvalue weighted by Crippen LogP contribution is 2.29. The summed E-state index contributed by atoms with van der Waals surface area (Å²) in [6.45, 7) is 6.21. The molecule has 2 amide bonds. The lowest BCUT2D eigenvalue weighted by Gasteiger charge is -2.32. The molecule has 0 atom stereocenters. The van der Waals surface area contributed by atoms with Crippen molar-refractivity contribution in [2.45, 2.75) is 40.5 Å². The number of carbonyl (C=O) groups is 2. The van der Waals surface area contributed by atoms with Crippen LogP contribution in [-0.2, 0) is 28.6 Å². The molecule has 15 nitrogen and oxygen atoms in total. The standard InChI is InChI=1S/C33H34N6O9/c1-5-33(15-46-30(39-45)24-6-9-27(34-18-40)21(2)12-24,16-47-31(43)37-25-7-10-28(35-19-41)22(3)13-25)17-48-32(44)38-26-8-11-29(36-20-42)23(4)14-26/h7-14,39,45H,5-6,15-17H2,1-4H3,(H,37,43)(H,38,44). The van der Waals surface area contributed by atoms with Crippen LogP contribution in [0.5, 0.6) is 0 Å². The quantitative estimate of drug-likeness (QED) is 0.0781. The van der Waals surface area contributed by atoms with Crippen molar-refractivity contribution in [3.8, 4) is 0 Å². The lowest BCUT2D eigenvalue weighted by atomic mass is 9.88. The number of hydrogen-bond donors (Lipinski definition) is 4. The lowest BCUT2D eigenvalue weighted by Crippen LogP contribution is -2.40. The van der Waals surface area contributed by atoms with E-state index in [0.717, 1.165) is 0 Å². The molecule has 0 heterocycles. The zero-order valence-corrected chi connectivity index (χ0v) is 26.7. The number of carbonyl (C=O) groups excluding carboxylic acids is 5. The SMILES string of the molecule is CCC(COC(=O)Nc1ccc(N=C=O)c(C)c1)(COC(=O)Nc1ccc(N=C=O)c(C)c1)COC(NO)=C1C=C(C)C(N=C=O)=CC1. The third-order valence-corrected chi connectivity index (χ3v) is 7.38. The summed E-state index contributed by atoms with van der Waals surface area (Å²) in [5.74, 6) is -0.00597. The Hall–Kier alpha value is -6.10. The molecular formula is C33H34N6O9. The third-order valence-electron chi connectivity index (χ3n) is 7.38. The van der Waals surface area contributed by atoms with Gasteiger partial charge < -0.3 is 14.2 Å². The number of aliphatic imine (C=N–C) groups is 3. The number of hydroxylamine groups is 1. The van der Waals surface area contributed by atoms with E-state index < -0.39 is 17.6 Å². The Balaban J connectivity index is 1.79. The van der Waals surface area contributed by atoms with E-state index >= 15 is 0 Å². The van der Waals surface area contributed by atoms with E-state index in [1.807, 2.05) is 5.48 Å². The highest BCUT2D eigenvalue weighted by atomic mass is 16.6. The molecule has 4 N–H and O–H groups in total. The molecule has 0 bridgehead atoms. The van der Waals surface area contributed by atoms with Gasteiger partial charge in [-0.05, 0) is 92.8 Å². The van der Waals surface area contributed by atoms with E-state index in [0.29, 0.717) is 57.1 Å². The van der Waals surface area contributed by atoms with Crippen molar-refractivity contribution >= 4 is 53.2 Å². The Bertz CT molecular complexity index is 1690. The summed E-state index contributed by atoms with van der Waals surface area (Å²) >= 11 is 0. The van der Waals surface area contributed by atoms with Crippen LogP contribution >= 0.6 is 0 Å². The Morgan fingerprint density at radius 3 is 1.73 bits per heavy atom. The Morgan fingerprint density at radius 1 is 0.812 bits per heavy atom. The number of isocyanates is 3. The van der Waals surface area contributed by atoms with E-state index in [9.17, 15) is 29.2 Å². The van der Waals surface area contributed by atoms with E-state index in [-0.39, 0.29) is 32.1 Å². The highest BCUT2D eigenvalue weighted by Gasteiger charge is 2.34. The number of allylic oxidation sites excluding steroid dienone is 4. The maximum atomic E-state index is 12.8. The molecule has 250 valence electrons. The zero-order chi connectivity index (χ0) is 35.1. The molecule has 0 spiro atoms. The maximum absolute atomic E-state index is 12.8. The van der Waals surface area contributed by atoms with Crippen LogP contribution in [-0.4, -0.2) is 55.5 Å². The molecule has 0 saturated heterocycles. The summed E-state index contributed by atoms with van der Waals surface area (Å²) in [6.07, 6.45) is 6.74. The molecule has 0 fully saturated rings. The van der Waals surface area contributed by atoms with Crippen LogP contribution in [0.3, 0.4) is 0 Å². The summed E-state index contributed by atoms with van der Waals surface area (Å²) in [7, 11) is 0. The topological polar surface area (TPSA) is 206 Å². The molecule has 0 saturated carbocycles. The minimum absolute atomic E-state index is 0.00597. The van der Waals surface area contributed by atoms with Gasteiger partial charge in [0.1, 0.15) is 19.8 Å². The fourth-order valence-corrected chi connectivity index (χ4v) is 4.52. The predicted octanol–water partition coefficient (Wildman–Crippen LogP) is 6.21. The number of ether oxygens (including phenoxy) is 3. The normalized spacial score (nSPS) is 14.2. The molecule has 1 aliphatic rings. The van der Waals surface area contributed by atoms with Gasteiger partial charge in [0.2, 0.25) is 24.1 Å². The monoisotopic (exact) mass is 658 g/mol. The van der Waals surface area contributed by atoms with Gasteiger partial charge in [-0.3, -0.25) is 15.8 Å². The molecule has 3 rings (SSSR count). The van der Waals surface area contributed by atoms with Crippen LogP contribution in [0.2, 0.25) is 0 Å². The Morgan fingerprint density at radius 2 is 1.31 bits per heavy atom. The van der Waals surface area contributed by atoms with Crippen molar-refractivity contribution in [1.29, 1.82) is 0 Å². The van der Waals surface area contributed by atoms with Gasteiger partial charge in [-0.25, -0.2) is 29.5 Å². The van der Waals surface area contributed by atoms with Crippen molar-refractivity contribution in [3.63, 3.8) is 0 Å². The molecule has 1 aliphatic carbocycles. The highest BCUT2D eigenvalue weighted by molar-refractivity contribution is 5.86. The number of nitrogens with one attached hydrogen (secondary N) is 3. The number of benzene rings is 2. The van der Waals surface area contributed by atoms with Gasteiger partial charge in [0.15, 0.2) is 0 Å². The average Bonchev–Trinajstić information content (AvgIpc) is 3.06. The lowest BCUT2D eigenvalue weighted by molar-refractivity contribution is -0.0315. The summed E-state index contributed by atoms with van der Waals surface area (Å²) in [5.41, 5.74) is 5.37. The molecule has 2 aromatic rings. The number of anilines is 2. The Labute approximate surface area is 275 Å². The van der Waals surface area contributed by atoms with Gasteiger partial charge in [0.25, 0.3) is 0 Å². The maximum Gasteiger partial charge on any atom is 0.411 e. The van der Waals surface area contributed by atoms with Crippen molar-refractivity contribution in [2.75, 3.05) is 30.5 Å². The molecule has 15 heteroatoms. The van der Waals surface area contributed by atoms with Crippen LogP contribution < -0.4 is 16.1 Å². The van der Waals surface area contributed by atoms with Crippen molar-refractivity contribution in [1.82, 2.24) is 5.48 Å². The van der Waals surface area contributed by atoms with E-state index in [1.54, 1.807) is 76.2 Å². The number of aryl methyl sites for hydroxylation is 2. The summed E-state index contributed by atoms with van der Waals surface area (Å²) in [5, 5.41) is 15.1. The molecule has 0 aliphatic heterocycles. The van der Waals surface area contributed by atoms with E-state index in [1.165, 1.54) is 18.2 Å². The first-order chi connectivity index (χ1) is 23.1. The first-order valence-corrected chi connectivity index (χ1v) is 14.5. The second-order valence-electron chi connectivity index (χ2n) is 10.7. The first-order valence-electron chi connectivity index (χ1n) is 14.5. The predicted molar refractivity (Wildman–Crippen MR) is 173 cm³/mol. The van der Waals surface area contributed by atoms with Gasteiger partial charge in [-0.15, -0.1) is 0 Å². The molecule has 0 aromatic heterocycles. The molecule has 0 radical (unpaired) electrons. The number of nitrogens with zero attached hydrogens (tertiary/aromatic N) is 3. The van der Waals surface area contributed by atoms with Crippen molar-refractivity contribution in [2.24, 2.45) is 20.4 Å². The van der Waals surface area contributed by atoms with Gasteiger partial charge in [-0.2, -0.15) is 15.0 Å². The Kier molecular flexibility index (Phi) is 13.3. The number of rotatable bonds is 14. The van der Waals surface area contributed by atoms with Gasteiger partial charge in [-0.1, -0.05) is 13.0 Å². The summed E-state index contributed by atoms with van der Waals surface area (Å²) in [4.78, 5) is 68.4. The largest absolute Gasteiger partial charge is 0.477 e. The molecule has 2 aromatic carbocycles. The summed E-state index contributed by atoms with van der Waals surface area (Å²) in [6, 6.07) is 9.37. The molecular weight excluding hydrogens is 624 g/mol. The smallest absolute Gasteiger partial charge is 0.411 e. The minimum atomic E-state index is -1.11. The van der Waals surface area contributed by atoms with Crippen LogP contribution in [0.4, 0.5) is 32.3 Å². The van der Waals surface area contributed by atoms with E-state index in [2.05, 4.69) is 25.6 Å². The summed E-state index contributed by atoms with van der Waals surface area (Å²) < 4.78 is 17.1. The van der Waals surface area contributed by atoms with Crippen molar-refractivity contribution in [3.05, 3.63) is 82.4 Å². The first kappa shape index (κ1) is 36.4. The zero-order valence-electron chi connectivity index (χ0n) is 26.7.